The molecule has 7 nitrogen and oxygen atoms in total. The average Bonchev–Trinajstić information content (AvgIpc) is 3.55. The molecule has 3 fully saturated rings. The van der Waals surface area contributed by atoms with E-state index in [-0.39, 0.29) is 42.0 Å². The highest BCUT2D eigenvalue weighted by atomic mass is 32.2. The van der Waals surface area contributed by atoms with E-state index in [0.29, 0.717) is 30.7 Å². The largest absolute Gasteiger partial charge is 0.573 e. The molecule has 2 aromatic rings. The van der Waals surface area contributed by atoms with Crippen molar-refractivity contribution in [2.75, 3.05) is 18.8 Å². The Bertz CT molecular complexity index is 1190. The second-order valence-electron chi connectivity index (χ2n) is 9.03. The molecule has 3 aliphatic rings. The fourth-order valence-corrected chi connectivity index (χ4v) is 6.23. The van der Waals surface area contributed by atoms with Crippen LogP contribution in [0.15, 0.2) is 30.6 Å². The van der Waals surface area contributed by atoms with Gasteiger partial charge in [0.05, 0.1) is 11.3 Å². The van der Waals surface area contributed by atoms with Gasteiger partial charge in [-0.3, -0.25) is 4.79 Å². The molecule has 1 aromatic carbocycles. The highest BCUT2D eigenvalue weighted by molar-refractivity contribution is 7.94. The van der Waals surface area contributed by atoms with Crippen LogP contribution in [0.1, 0.15) is 52.5 Å². The van der Waals surface area contributed by atoms with Crippen LogP contribution in [-0.2, 0) is 22.7 Å². The lowest BCUT2D eigenvalue weighted by molar-refractivity contribution is -0.274. The van der Waals surface area contributed by atoms with Crippen LogP contribution in [0.25, 0.3) is 0 Å². The molecular formula is C22H22F3N3O4S. The fourth-order valence-electron chi connectivity index (χ4n) is 4.41. The standard InChI is InChI=1S/C22H22F3N3O4S/c23-22(24,25)32-18-8-14(7-16(9-18)15-2-3-15)1-4-19-26-10-17(11-27-19)20(29)28-12-21(13-28)5-6-33(21,30)31/h7-11,15H,1-6,12-13H2. The zero-order chi connectivity index (χ0) is 23.4. The third-order valence-corrected chi connectivity index (χ3v) is 9.12. The maximum atomic E-state index is 12.7. The van der Waals surface area contributed by atoms with E-state index in [4.69, 9.17) is 0 Å². The van der Waals surface area contributed by atoms with Crippen LogP contribution in [0.4, 0.5) is 13.2 Å². The Morgan fingerprint density at radius 2 is 1.82 bits per heavy atom. The molecule has 1 amide bonds. The molecular weight excluding hydrogens is 459 g/mol. The molecule has 0 unspecified atom stereocenters. The molecule has 2 saturated heterocycles. The van der Waals surface area contributed by atoms with Crippen LogP contribution >= 0.6 is 0 Å². The molecule has 176 valence electrons. The molecule has 0 N–H and O–H groups in total. The van der Waals surface area contributed by atoms with E-state index < -0.39 is 20.9 Å². The van der Waals surface area contributed by atoms with Gasteiger partial charge in [0, 0.05) is 31.9 Å². The summed E-state index contributed by atoms with van der Waals surface area (Å²) in [5.41, 5.74) is 1.83. The minimum Gasteiger partial charge on any atom is -0.406 e. The Kier molecular flexibility index (Phi) is 5.15. The van der Waals surface area contributed by atoms with E-state index in [2.05, 4.69) is 14.7 Å². The summed E-state index contributed by atoms with van der Waals surface area (Å²) in [6.07, 6.45) is 1.38. The van der Waals surface area contributed by atoms with Gasteiger partial charge in [0.2, 0.25) is 0 Å². The van der Waals surface area contributed by atoms with Gasteiger partial charge in [-0.25, -0.2) is 18.4 Å². The molecule has 1 spiro atoms. The monoisotopic (exact) mass is 481 g/mol. The van der Waals surface area contributed by atoms with Crippen LogP contribution in [0, 0.1) is 0 Å². The molecule has 0 atom stereocenters. The first-order valence-electron chi connectivity index (χ1n) is 10.8. The first-order valence-corrected chi connectivity index (χ1v) is 12.4. The van der Waals surface area contributed by atoms with Crippen molar-refractivity contribution in [3.05, 3.63) is 53.1 Å². The number of amides is 1. The maximum Gasteiger partial charge on any atom is 0.573 e. The number of hydrogen-bond donors (Lipinski definition) is 0. The third-order valence-electron chi connectivity index (χ3n) is 6.59. The van der Waals surface area contributed by atoms with Crippen molar-refractivity contribution in [2.24, 2.45) is 0 Å². The Morgan fingerprint density at radius 1 is 1.12 bits per heavy atom. The van der Waals surface area contributed by atoms with E-state index in [1.807, 2.05) is 6.07 Å². The fraction of sp³-hybridized carbons (Fsp3) is 0.500. The summed E-state index contributed by atoms with van der Waals surface area (Å²) in [6, 6.07) is 4.72. The van der Waals surface area contributed by atoms with Gasteiger partial charge >= 0.3 is 6.36 Å². The van der Waals surface area contributed by atoms with Crippen molar-refractivity contribution in [1.29, 1.82) is 0 Å². The van der Waals surface area contributed by atoms with Gasteiger partial charge < -0.3 is 9.64 Å². The highest BCUT2D eigenvalue weighted by Crippen LogP contribution is 2.43. The lowest BCUT2D eigenvalue weighted by atomic mass is 9.94. The lowest BCUT2D eigenvalue weighted by Crippen LogP contribution is -2.72. The van der Waals surface area contributed by atoms with Crippen molar-refractivity contribution in [2.45, 2.75) is 49.1 Å². The van der Waals surface area contributed by atoms with E-state index in [0.717, 1.165) is 18.4 Å². The number of carbonyl (C=O) groups is 1. The van der Waals surface area contributed by atoms with Crippen LogP contribution in [0.5, 0.6) is 5.75 Å². The Balaban J connectivity index is 1.21. The first kappa shape index (κ1) is 22.1. The molecule has 2 aliphatic heterocycles. The van der Waals surface area contributed by atoms with Gasteiger partial charge in [-0.1, -0.05) is 6.07 Å². The quantitative estimate of drug-likeness (QED) is 0.630. The van der Waals surface area contributed by atoms with Gasteiger partial charge in [0.15, 0.2) is 9.84 Å². The summed E-state index contributed by atoms with van der Waals surface area (Å²) < 4.78 is 65.1. The zero-order valence-electron chi connectivity index (χ0n) is 17.6. The van der Waals surface area contributed by atoms with E-state index in [1.165, 1.54) is 29.4 Å². The molecule has 0 bridgehead atoms. The molecule has 1 saturated carbocycles. The molecule has 3 heterocycles. The lowest BCUT2D eigenvalue weighted by Gasteiger charge is -2.54. The topological polar surface area (TPSA) is 89.5 Å². The van der Waals surface area contributed by atoms with Gasteiger partial charge in [-0.2, -0.15) is 0 Å². The van der Waals surface area contributed by atoms with E-state index >= 15 is 0 Å². The van der Waals surface area contributed by atoms with Gasteiger partial charge in [0.25, 0.3) is 5.91 Å². The van der Waals surface area contributed by atoms with Crippen LogP contribution in [-0.4, -0.2) is 59.1 Å². The summed E-state index contributed by atoms with van der Waals surface area (Å²) in [4.78, 5) is 22.5. The Labute approximate surface area is 188 Å². The normalized spacial score (nSPS) is 20.8. The molecule has 0 radical (unpaired) electrons. The smallest absolute Gasteiger partial charge is 0.406 e. The molecule has 1 aromatic heterocycles. The number of sulfone groups is 1. The number of carbonyl (C=O) groups excluding carboxylic acids is 1. The van der Waals surface area contributed by atoms with Crippen molar-refractivity contribution in [3.63, 3.8) is 0 Å². The number of aryl methyl sites for hydroxylation is 2. The van der Waals surface area contributed by atoms with Crippen molar-refractivity contribution in [3.8, 4) is 5.75 Å². The number of alkyl halides is 3. The molecule has 11 heteroatoms. The third kappa shape index (κ3) is 4.42. The summed E-state index contributed by atoms with van der Waals surface area (Å²) in [5, 5.41) is 0. The summed E-state index contributed by atoms with van der Waals surface area (Å²) in [5.74, 6) is 0.395. The number of aromatic nitrogens is 2. The predicted molar refractivity (Wildman–Crippen MR) is 112 cm³/mol. The van der Waals surface area contributed by atoms with Crippen molar-refractivity contribution < 1.29 is 31.1 Å². The number of benzene rings is 1. The minimum atomic E-state index is -4.75. The summed E-state index contributed by atoms with van der Waals surface area (Å²) >= 11 is 0. The minimum absolute atomic E-state index is 0.181. The van der Waals surface area contributed by atoms with Crippen LogP contribution in [0.2, 0.25) is 0 Å². The SMILES string of the molecule is O=C(c1cnc(CCc2cc(OC(F)(F)F)cc(C3CC3)c2)nc1)N1CC2(CCS2(=O)=O)C1. The van der Waals surface area contributed by atoms with Gasteiger partial charge in [0.1, 0.15) is 16.3 Å². The van der Waals surface area contributed by atoms with Crippen molar-refractivity contribution >= 4 is 15.7 Å². The number of rotatable bonds is 6. The molecule has 1 aliphatic carbocycles. The van der Waals surface area contributed by atoms with Gasteiger partial charge in [-0.15, -0.1) is 13.2 Å². The number of likely N-dealkylation sites (tertiary alicyclic amines) is 1. The number of hydrogen-bond acceptors (Lipinski definition) is 6. The average molecular weight is 481 g/mol. The van der Waals surface area contributed by atoms with E-state index in [1.54, 1.807) is 0 Å². The summed E-state index contributed by atoms with van der Waals surface area (Å²) in [6.45, 7) is 0.408. The molecule has 5 rings (SSSR count). The Morgan fingerprint density at radius 3 is 2.36 bits per heavy atom. The van der Waals surface area contributed by atoms with E-state index in [9.17, 15) is 26.4 Å². The second-order valence-corrected chi connectivity index (χ2v) is 11.5. The first-order chi connectivity index (χ1) is 15.5. The highest BCUT2D eigenvalue weighted by Gasteiger charge is 2.60. The zero-order valence-corrected chi connectivity index (χ0v) is 18.5. The van der Waals surface area contributed by atoms with Crippen molar-refractivity contribution in [1.82, 2.24) is 14.9 Å². The maximum absolute atomic E-state index is 12.7. The number of ether oxygens (including phenoxy) is 1. The number of halogens is 3. The Hall–Kier alpha value is -2.69. The van der Waals surface area contributed by atoms with Crippen LogP contribution < -0.4 is 4.74 Å². The summed E-state index contributed by atoms with van der Waals surface area (Å²) in [7, 11) is -3.09. The van der Waals surface area contributed by atoms with Crippen LogP contribution in [0.3, 0.4) is 0 Å². The second kappa shape index (κ2) is 7.68. The number of nitrogens with zero attached hydrogens (tertiary/aromatic N) is 3. The molecule has 33 heavy (non-hydrogen) atoms. The van der Waals surface area contributed by atoms with Gasteiger partial charge in [-0.05, 0) is 54.9 Å². The predicted octanol–water partition coefficient (Wildman–Crippen LogP) is 3.05.